The van der Waals surface area contributed by atoms with Gasteiger partial charge in [-0.15, -0.1) is 0 Å². The largest absolute Gasteiger partial charge is 0.453 e. The number of ether oxygens (including phenoxy) is 1. The van der Waals surface area contributed by atoms with E-state index in [2.05, 4.69) is 409 Å². The number of fused-ring (bicyclic) bond motifs is 10. The number of rotatable bonds is 5. The van der Waals surface area contributed by atoms with Crippen LogP contribution in [0.25, 0.3) is 11.1 Å². The highest BCUT2D eigenvalue weighted by Crippen LogP contribution is 2.58. The van der Waals surface area contributed by atoms with Crippen molar-refractivity contribution in [2.75, 3.05) is 24.5 Å². The minimum Gasteiger partial charge on any atom is -0.453 e. The van der Waals surface area contributed by atoms with Gasteiger partial charge in [-0.1, -0.05) is 287 Å². The zero-order valence-electron chi connectivity index (χ0n) is 71.2. The number of benzene rings is 12. The SMILES string of the molecule is CC(C)(C)c1cc(N2c3ccccc3B3c4cc5c(cc4N(c4cc(C(C)(C)C)cc(C(C)(C)C)c4)c4cc(-c6ccccc6)cc2c43)N(c2cc(C(C)(C)C)cc(C(C)(C)C)c2)c2cc3c4c6c2B5c2cccc5c2N6c2c(cccc2B4c2ccccc2N3c2cc(C(C)(C)C)cc(C(C)(C)C)c2)O5)cc(C(C)(C)C)c1. The first-order valence-corrected chi connectivity index (χ1v) is 41.5. The molecular formula is C104H108B3N5O. The smallest absolute Gasteiger partial charge is 0.252 e. The first kappa shape index (κ1) is 72.9. The lowest BCUT2D eigenvalue weighted by Crippen LogP contribution is -2.69. The van der Waals surface area contributed by atoms with E-state index in [1.807, 2.05) is 0 Å². The van der Waals surface area contributed by atoms with Crippen molar-refractivity contribution in [3.8, 4) is 22.6 Å². The Hall–Kier alpha value is -10.4. The summed E-state index contributed by atoms with van der Waals surface area (Å²) in [6.07, 6.45) is 0. The van der Waals surface area contributed by atoms with Crippen LogP contribution in [0.5, 0.6) is 11.5 Å². The molecule has 564 valence electrons. The number of para-hydroxylation sites is 4. The number of anilines is 15. The molecular weight excluding hydrogens is 1370 g/mol. The summed E-state index contributed by atoms with van der Waals surface area (Å²) in [5, 5.41) is 0. The molecule has 9 heteroatoms. The molecule has 6 nitrogen and oxygen atoms in total. The van der Waals surface area contributed by atoms with Gasteiger partial charge in [0.1, 0.15) is 0 Å². The first-order chi connectivity index (χ1) is 53.1. The van der Waals surface area contributed by atoms with Gasteiger partial charge >= 0.3 is 0 Å². The lowest BCUT2D eigenvalue weighted by molar-refractivity contribution is 0.478. The zero-order valence-corrected chi connectivity index (χ0v) is 71.2. The first-order valence-electron chi connectivity index (χ1n) is 41.5. The second-order valence-corrected chi connectivity index (χ2v) is 42.0. The molecule has 7 aliphatic heterocycles. The Labute approximate surface area is 674 Å². The van der Waals surface area contributed by atoms with E-state index >= 15 is 0 Å². The molecule has 0 amide bonds. The molecule has 0 spiro atoms. The molecule has 7 aliphatic rings. The van der Waals surface area contributed by atoms with Gasteiger partial charge in [-0.3, -0.25) is 0 Å². The van der Waals surface area contributed by atoms with Crippen molar-refractivity contribution in [2.45, 2.75) is 209 Å². The van der Waals surface area contributed by atoms with Crippen LogP contribution in [0.4, 0.5) is 85.3 Å². The maximum atomic E-state index is 7.49. The highest BCUT2D eigenvalue weighted by molar-refractivity contribution is 7.06. The summed E-state index contributed by atoms with van der Waals surface area (Å²) in [6, 6.07) is 87.3. The fraction of sp³-hybridized carbons (Fsp3) is 0.308. The molecule has 0 aliphatic carbocycles. The summed E-state index contributed by atoms with van der Waals surface area (Å²) in [6.45, 7) is 56.7. The van der Waals surface area contributed by atoms with Crippen molar-refractivity contribution in [3.05, 3.63) is 263 Å². The predicted octanol–water partition coefficient (Wildman–Crippen LogP) is 22.6. The lowest BCUT2D eigenvalue weighted by atomic mass is 9.28. The Balaban J connectivity index is 1.00. The van der Waals surface area contributed by atoms with E-state index < -0.39 is 0 Å². The van der Waals surface area contributed by atoms with Crippen molar-refractivity contribution < 1.29 is 4.74 Å². The molecule has 7 heterocycles. The Morgan fingerprint density at radius 1 is 0.204 bits per heavy atom. The van der Waals surface area contributed by atoms with Crippen LogP contribution in [-0.2, 0) is 43.3 Å². The van der Waals surface area contributed by atoms with Gasteiger partial charge in [0.2, 0.25) is 0 Å². The van der Waals surface area contributed by atoms with E-state index in [4.69, 9.17) is 4.74 Å². The van der Waals surface area contributed by atoms with Gasteiger partial charge in [0.05, 0.1) is 11.4 Å². The van der Waals surface area contributed by atoms with Crippen molar-refractivity contribution in [2.24, 2.45) is 0 Å². The molecule has 12 aromatic rings. The number of hydrogen-bond donors (Lipinski definition) is 0. The van der Waals surface area contributed by atoms with Crippen molar-refractivity contribution in [1.82, 2.24) is 0 Å². The van der Waals surface area contributed by atoms with Crippen LogP contribution in [-0.4, -0.2) is 20.1 Å². The molecule has 0 radical (unpaired) electrons. The second kappa shape index (κ2) is 24.1. The average molecular weight is 1480 g/mol. The average Bonchev–Trinajstić information content (AvgIpc) is 0.658. The van der Waals surface area contributed by atoms with Gasteiger partial charge < -0.3 is 29.2 Å². The van der Waals surface area contributed by atoms with Crippen LogP contribution in [0.3, 0.4) is 0 Å². The van der Waals surface area contributed by atoms with Gasteiger partial charge in [-0.25, -0.2) is 0 Å². The van der Waals surface area contributed by atoms with Gasteiger partial charge in [-0.05, 0) is 245 Å². The van der Waals surface area contributed by atoms with Crippen molar-refractivity contribution in [1.29, 1.82) is 0 Å². The fourth-order valence-corrected chi connectivity index (χ4v) is 19.4. The number of hydrogen-bond acceptors (Lipinski definition) is 6. The third-order valence-electron chi connectivity index (χ3n) is 25.9. The van der Waals surface area contributed by atoms with Crippen LogP contribution in [0.1, 0.15) is 211 Å². The standard InChI is InChI=1S/C104H108B3N5O/c1-97(2,3)63-46-64(98(4,5)6)51-71(50-63)108-82-41-31-29-37-76(82)106-79-58-80-84(59-83(79)110(73-54-67(101(13,14)15)48-68(55-73)102(16,17)18)86-45-62(44-85(108)91(86)106)61-34-26-25-27-35-61)111(74-56-69(103(19,20)21)49-70(57-74)104(22,23)24)88-60-87-92-96-93(88)107(80)78-39-33-43-90-95(78)112(96)94-77(38-32-42-89(94)113-90)105(92)75-36-28-30-40-81(75)109(87)72-52-65(99(7,8)9)47-66(53-72)100(10,11)12/h25-60H,1-24H3. The highest BCUT2D eigenvalue weighted by Gasteiger charge is 2.56. The Morgan fingerprint density at radius 2 is 0.487 bits per heavy atom. The molecule has 0 atom stereocenters. The Morgan fingerprint density at radius 3 is 0.832 bits per heavy atom. The molecule has 0 unspecified atom stereocenters. The van der Waals surface area contributed by atoms with Crippen molar-refractivity contribution in [3.63, 3.8) is 0 Å². The Kier molecular flexibility index (Phi) is 15.5. The fourth-order valence-electron chi connectivity index (χ4n) is 19.4. The third kappa shape index (κ3) is 11.2. The monoisotopic (exact) mass is 1480 g/mol. The molecule has 0 aromatic heterocycles. The minimum absolute atomic E-state index is 0.126. The molecule has 0 saturated carbocycles. The molecule has 0 saturated heterocycles. The molecule has 0 bridgehead atoms. The quantitative estimate of drug-likeness (QED) is 0.159. The van der Waals surface area contributed by atoms with E-state index in [-0.39, 0.29) is 63.5 Å². The van der Waals surface area contributed by atoms with E-state index in [1.54, 1.807) is 0 Å². The van der Waals surface area contributed by atoms with Crippen LogP contribution in [0.2, 0.25) is 0 Å². The lowest BCUT2D eigenvalue weighted by Gasteiger charge is -2.53. The molecule has 0 N–H and O–H groups in total. The maximum Gasteiger partial charge on any atom is 0.252 e. The van der Waals surface area contributed by atoms with Gasteiger partial charge in [0, 0.05) is 73.9 Å². The maximum absolute atomic E-state index is 7.49. The Bertz CT molecular complexity index is 5940. The van der Waals surface area contributed by atoms with E-state index in [0.717, 1.165) is 34.2 Å². The van der Waals surface area contributed by atoms with Crippen LogP contribution < -0.4 is 78.4 Å². The molecule has 0 fully saturated rings. The van der Waals surface area contributed by atoms with E-state index in [1.165, 1.54) is 167 Å². The second-order valence-electron chi connectivity index (χ2n) is 42.0. The van der Waals surface area contributed by atoms with Crippen molar-refractivity contribution >= 4 is 155 Å². The normalized spacial score (nSPS) is 15.0. The van der Waals surface area contributed by atoms with Gasteiger partial charge in [0.15, 0.2) is 11.5 Å². The summed E-state index contributed by atoms with van der Waals surface area (Å²) < 4.78 is 7.49. The van der Waals surface area contributed by atoms with Gasteiger partial charge in [-0.2, -0.15) is 0 Å². The van der Waals surface area contributed by atoms with Crippen LogP contribution in [0.15, 0.2) is 218 Å². The third-order valence-corrected chi connectivity index (χ3v) is 25.9. The predicted molar refractivity (Wildman–Crippen MR) is 489 cm³/mol. The summed E-state index contributed by atoms with van der Waals surface area (Å²) in [5.74, 6) is 1.77. The topological polar surface area (TPSA) is 25.4 Å². The highest BCUT2D eigenvalue weighted by atomic mass is 16.5. The summed E-state index contributed by atoms with van der Waals surface area (Å²) >= 11 is 0. The van der Waals surface area contributed by atoms with Crippen LogP contribution >= 0.6 is 0 Å². The summed E-state index contributed by atoms with van der Waals surface area (Å²) in [5.41, 5.74) is 40.7. The zero-order chi connectivity index (χ0) is 79.6. The van der Waals surface area contributed by atoms with E-state index in [0.29, 0.717) is 0 Å². The minimum atomic E-state index is -0.253. The molecule has 19 rings (SSSR count). The van der Waals surface area contributed by atoms with Crippen LogP contribution in [0, 0.1) is 0 Å². The summed E-state index contributed by atoms with van der Waals surface area (Å²) in [7, 11) is 0. The number of nitrogens with zero attached hydrogens (tertiary/aromatic N) is 5. The summed E-state index contributed by atoms with van der Waals surface area (Å²) in [4.78, 5) is 13.6. The van der Waals surface area contributed by atoms with E-state index in [9.17, 15) is 0 Å². The molecule has 12 aromatic carbocycles. The van der Waals surface area contributed by atoms with Gasteiger partial charge in [0.25, 0.3) is 20.1 Å². The molecule has 113 heavy (non-hydrogen) atoms.